The van der Waals surface area contributed by atoms with Crippen molar-refractivity contribution in [3.8, 4) is 11.8 Å². The van der Waals surface area contributed by atoms with Gasteiger partial charge in [0.25, 0.3) is 0 Å². The second-order valence-corrected chi connectivity index (χ2v) is 4.29. The lowest BCUT2D eigenvalue weighted by atomic mass is 10.1. The second-order valence-electron chi connectivity index (χ2n) is 4.29. The number of anilines is 1. The van der Waals surface area contributed by atoms with Crippen LogP contribution < -0.4 is 16.4 Å². The smallest absolute Gasteiger partial charge is 0.319 e. The van der Waals surface area contributed by atoms with Crippen LogP contribution in [0.2, 0.25) is 0 Å². The lowest BCUT2D eigenvalue weighted by molar-refractivity contribution is 0.250. The van der Waals surface area contributed by atoms with E-state index >= 15 is 0 Å². The van der Waals surface area contributed by atoms with Gasteiger partial charge in [-0.1, -0.05) is 17.9 Å². The van der Waals surface area contributed by atoms with Crippen LogP contribution in [-0.2, 0) is 0 Å². The predicted octanol–water partition coefficient (Wildman–Crippen LogP) is 1.84. The molecule has 18 heavy (non-hydrogen) atoms. The zero-order valence-corrected chi connectivity index (χ0v) is 11.0. The molecule has 1 rings (SSSR count). The number of aryl methyl sites for hydroxylation is 1. The summed E-state index contributed by atoms with van der Waals surface area (Å²) in [6.07, 6.45) is 0. The molecule has 0 unspecified atom stereocenters. The normalized spacial score (nSPS) is 9.61. The van der Waals surface area contributed by atoms with E-state index < -0.39 is 0 Å². The molecule has 0 heterocycles. The van der Waals surface area contributed by atoms with Crippen molar-refractivity contribution in [2.75, 3.05) is 11.9 Å². The monoisotopic (exact) mass is 245 g/mol. The Kier molecular flexibility index (Phi) is 5.22. The molecule has 0 atom stereocenters. The average molecular weight is 245 g/mol. The van der Waals surface area contributed by atoms with Crippen molar-refractivity contribution in [2.45, 2.75) is 26.8 Å². The Morgan fingerprint density at radius 3 is 2.78 bits per heavy atom. The largest absolute Gasteiger partial charge is 0.336 e. The maximum Gasteiger partial charge on any atom is 0.319 e. The van der Waals surface area contributed by atoms with Gasteiger partial charge in [-0.05, 0) is 38.5 Å². The summed E-state index contributed by atoms with van der Waals surface area (Å²) in [6, 6.07) is 5.50. The van der Waals surface area contributed by atoms with Crippen molar-refractivity contribution in [3.63, 3.8) is 0 Å². The fourth-order valence-corrected chi connectivity index (χ4v) is 1.41. The highest BCUT2D eigenvalue weighted by atomic mass is 16.2. The Balaban J connectivity index is 2.82. The molecular formula is C14H19N3O. The van der Waals surface area contributed by atoms with E-state index in [0.29, 0.717) is 6.54 Å². The Labute approximate surface area is 108 Å². The first-order valence-electron chi connectivity index (χ1n) is 5.90. The molecule has 1 aromatic rings. The highest BCUT2D eigenvalue weighted by Crippen LogP contribution is 2.14. The third-order valence-electron chi connectivity index (χ3n) is 2.24. The van der Waals surface area contributed by atoms with Gasteiger partial charge in [-0.25, -0.2) is 4.79 Å². The standard InChI is InChI=1S/C14H19N3O/c1-10(2)16-14(18)17-13-7-6-11(3)12(9-13)5-4-8-15/h6-7,9-10H,8,15H2,1-3H3,(H2,16,17,18). The number of benzene rings is 1. The lowest BCUT2D eigenvalue weighted by Crippen LogP contribution is -2.34. The van der Waals surface area contributed by atoms with Crippen LogP contribution in [0, 0.1) is 18.8 Å². The topological polar surface area (TPSA) is 67.2 Å². The van der Waals surface area contributed by atoms with Crippen molar-refractivity contribution in [3.05, 3.63) is 29.3 Å². The van der Waals surface area contributed by atoms with E-state index in [1.54, 1.807) is 0 Å². The first kappa shape index (κ1) is 14.1. The summed E-state index contributed by atoms with van der Waals surface area (Å²) in [5, 5.41) is 5.53. The molecule has 4 heteroatoms. The van der Waals surface area contributed by atoms with Crippen LogP contribution in [0.5, 0.6) is 0 Å². The van der Waals surface area contributed by atoms with Crippen LogP contribution in [0.25, 0.3) is 0 Å². The fraction of sp³-hybridized carbons (Fsp3) is 0.357. The van der Waals surface area contributed by atoms with Gasteiger partial charge in [0.2, 0.25) is 0 Å². The Morgan fingerprint density at radius 1 is 1.44 bits per heavy atom. The summed E-state index contributed by atoms with van der Waals surface area (Å²) in [4.78, 5) is 11.6. The summed E-state index contributed by atoms with van der Waals surface area (Å²) < 4.78 is 0. The molecule has 4 N–H and O–H groups in total. The summed E-state index contributed by atoms with van der Waals surface area (Å²) in [5.74, 6) is 5.79. The third-order valence-corrected chi connectivity index (χ3v) is 2.24. The zero-order chi connectivity index (χ0) is 13.5. The number of rotatable bonds is 2. The van der Waals surface area contributed by atoms with E-state index in [4.69, 9.17) is 5.73 Å². The maximum atomic E-state index is 11.6. The lowest BCUT2D eigenvalue weighted by Gasteiger charge is -2.10. The van der Waals surface area contributed by atoms with Gasteiger partial charge in [-0.3, -0.25) is 0 Å². The molecule has 0 bridgehead atoms. The third kappa shape index (κ3) is 4.48. The van der Waals surface area contributed by atoms with E-state index in [2.05, 4.69) is 22.5 Å². The van der Waals surface area contributed by atoms with Crippen molar-refractivity contribution < 1.29 is 4.79 Å². The Morgan fingerprint density at radius 2 is 2.17 bits per heavy atom. The van der Waals surface area contributed by atoms with Crippen LogP contribution in [-0.4, -0.2) is 18.6 Å². The number of hydrogen-bond donors (Lipinski definition) is 3. The molecule has 0 saturated carbocycles. The van der Waals surface area contributed by atoms with Crippen LogP contribution in [0.1, 0.15) is 25.0 Å². The molecular weight excluding hydrogens is 226 g/mol. The minimum atomic E-state index is -0.216. The van der Waals surface area contributed by atoms with Crippen molar-refractivity contribution in [1.82, 2.24) is 5.32 Å². The van der Waals surface area contributed by atoms with E-state index in [0.717, 1.165) is 16.8 Å². The molecule has 0 aliphatic heterocycles. The number of amides is 2. The predicted molar refractivity (Wildman–Crippen MR) is 74.4 cm³/mol. The van der Waals surface area contributed by atoms with E-state index in [-0.39, 0.29) is 12.1 Å². The molecule has 0 fully saturated rings. The van der Waals surface area contributed by atoms with Crippen LogP contribution in [0.15, 0.2) is 18.2 Å². The number of urea groups is 1. The molecule has 0 aliphatic rings. The molecule has 0 spiro atoms. The number of carbonyl (C=O) groups is 1. The minimum Gasteiger partial charge on any atom is -0.336 e. The van der Waals surface area contributed by atoms with Crippen LogP contribution >= 0.6 is 0 Å². The molecule has 4 nitrogen and oxygen atoms in total. The molecule has 0 aromatic heterocycles. The van der Waals surface area contributed by atoms with Gasteiger partial charge in [0.05, 0.1) is 6.54 Å². The van der Waals surface area contributed by atoms with Gasteiger partial charge < -0.3 is 16.4 Å². The average Bonchev–Trinajstić information content (AvgIpc) is 2.28. The first-order chi connectivity index (χ1) is 8.52. The maximum absolute atomic E-state index is 11.6. The van der Waals surface area contributed by atoms with Gasteiger partial charge in [0, 0.05) is 17.3 Å². The highest BCUT2D eigenvalue weighted by molar-refractivity contribution is 5.89. The van der Waals surface area contributed by atoms with Gasteiger partial charge >= 0.3 is 6.03 Å². The second kappa shape index (κ2) is 6.67. The Bertz CT molecular complexity index is 484. The van der Waals surface area contributed by atoms with Crippen molar-refractivity contribution in [1.29, 1.82) is 0 Å². The molecule has 96 valence electrons. The summed E-state index contributed by atoms with van der Waals surface area (Å²) >= 11 is 0. The molecule has 0 saturated heterocycles. The van der Waals surface area contributed by atoms with Crippen molar-refractivity contribution in [2.24, 2.45) is 5.73 Å². The minimum absolute atomic E-state index is 0.104. The summed E-state index contributed by atoms with van der Waals surface area (Å²) in [5.41, 5.74) is 8.01. The fourth-order valence-electron chi connectivity index (χ4n) is 1.41. The van der Waals surface area contributed by atoms with E-state index in [1.165, 1.54) is 0 Å². The molecule has 1 aromatic carbocycles. The number of nitrogens with one attached hydrogen (secondary N) is 2. The molecule has 0 radical (unpaired) electrons. The van der Waals surface area contributed by atoms with Gasteiger partial charge in [-0.15, -0.1) is 0 Å². The summed E-state index contributed by atoms with van der Waals surface area (Å²) in [6.45, 7) is 6.11. The van der Waals surface area contributed by atoms with Crippen LogP contribution in [0.4, 0.5) is 10.5 Å². The van der Waals surface area contributed by atoms with E-state index in [9.17, 15) is 4.79 Å². The van der Waals surface area contributed by atoms with Gasteiger partial charge in [0.1, 0.15) is 0 Å². The molecule has 2 amide bonds. The number of nitrogens with two attached hydrogens (primary N) is 1. The van der Waals surface area contributed by atoms with Crippen molar-refractivity contribution >= 4 is 11.7 Å². The first-order valence-corrected chi connectivity index (χ1v) is 5.90. The molecule has 0 aliphatic carbocycles. The SMILES string of the molecule is Cc1ccc(NC(=O)NC(C)C)cc1C#CCN. The van der Waals surface area contributed by atoms with E-state index in [1.807, 2.05) is 39.0 Å². The number of hydrogen-bond acceptors (Lipinski definition) is 2. The van der Waals surface area contributed by atoms with Crippen LogP contribution in [0.3, 0.4) is 0 Å². The number of carbonyl (C=O) groups excluding carboxylic acids is 1. The highest BCUT2D eigenvalue weighted by Gasteiger charge is 2.04. The zero-order valence-electron chi connectivity index (χ0n) is 11.0. The summed E-state index contributed by atoms with van der Waals surface area (Å²) in [7, 11) is 0. The Hall–Kier alpha value is -1.99. The quantitative estimate of drug-likeness (QED) is 0.696. The van der Waals surface area contributed by atoms with Gasteiger partial charge in [-0.2, -0.15) is 0 Å². The van der Waals surface area contributed by atoms with Gasteiger partial charge in [0.15, 0.2) is 0 Å².